The van der Waals surface area contributed by atoms with E-state index in [2.05, 4.69) is 21.4 Å². The zero-order chi connectivity index (χ0) is 7.40. The molecule has 50 valence electrons. The van der Waals surface area contributed by atoms with E-state index in [4.69, 9.17) is 0 Å². The van der Waals surface area contributed by atoms with Crippen molar-refractivity contribution < 1.29 is 0 Å². The van der Waals surface area contributed by atoms with Gasteiger partial charge in [0.05, 0.1) is 11.4 Å². The van der Waals surface area contributed by atoms with Crippen LogP contribution in [0.2, 0.25) is 0 Å². The molecule has 0 amide bonds. The van der Waals surface area contributed by atoms with Gasteiger partial charge < -0.3 is 0 Å². The van der Waals surface area contributed by atoms with Gasteiger partial charge in [-0.25, -0.2) is 0 Å². The quantitative estimate of drug-likeness (QED) is 0.439. The van der Waals surface area contributed by atoms with Crippen LogP contribution in [0.25, 0.3) is 0 Å². The van der Waals surface area contributed by atoms with Crippen molar-refractivity contribution in [1.29, 1.82) is 0 Å². The van der Waals surface area contributed by atoms with Gasteiger partial charge in [-0.1, -0.05) is 11.5 Å². The number of hydrogen-bond acceptors (Lipinski definition) is 2. The van der Waals surface area contributed by atoms with E-state index in [1.165, 1.54) is 0 Å². The molecular weight excluding hydrogens is 124 g/mol. The Morgan fingerprint density at radius 3 is 1.70 bits per heavy atom. The summed E-state index contributed by atoms with van der Waals surface area (Å²) in [5.74, 6) is 0. The van der Waals surface area contributed by atoms with E-state index in [0.717, 1.165) is 11.4 Å². The van der Waals surface area contributed by atoms with Crippen LogP contribution in [0.3, 0.4) is 0 Å². The largest absolute Gasteiger partial charge is 0.286 e. The molecule has 0 atom stereocenters. The van der Waals surface area contributed by atoms with Gasteiger partial charge in [-0.2, -0.15) is 0 Å². The van der Waals surface area contributed by atoms with Crippen molar-refractivity contribution in [2.24, 2.45) is 9.98 Å². The summed E-state index contributed by atoms with van der Waals surface area (Å²) in [7, 11) is 3.47. The van der Waals surface area contributed by atoms with E-state index in [1.807, 2.05) is 0 Å². The molecular formula is C8H8N2. The first-order valence-corrected chi connectivity index (χ1v) is 3.00. The number of nitrogens with zero attached hydrogens (tertiary/aromatic N) is 2. The van der Waals surface area contributed by atoms with Crippen molar-refractivity contribution in [3.05, 3.63) is 23.6 Å². The van der Waals surface area contributed by atoms with E-state index in [-0.39, 0.29) is 0 Å². The van der Waals surface area contributed by atoms with Gasteiger partial charge >= 0.3 is 0 Å². The third-order valence-corrected chi connectivity index (χ3v) is 1.25. The number of aliphatic imine (C=N–C) groups is 2. The molecule has 0 aromatic heterocycles. The third kappa shape index (κ3) is 1.14. The van der Waals surface area contributed by atoms with Crippen molar-refractivity contribution in [1.82, 2.24) is 0 Å². The fourth-order valence-electron chi connectivity index (χ4n) is 0.726. The van der Waals surface area contributed by atoms with Gasteiger partial charge in [0.1, 0.15) is 0 Å². The lowest BCUT2D eigenvalue weighted by molar-refractivity contribution is 1.43. The molecule has 1 aliphatic rings. The van der Waals surface area contributed by atoms with Gasteiger partial charge in [0.15, 0.2) is 0 Å². The van der Waals surface area contributed by atoms with E-state index < -0.39 is 0 Å². The Hall–Kier alpha value is -1.36. The summed E-state index contributed by atoms with van der Waals surface area (Å²) in [6.07, 6.45) is 3.53. The first kappa shape index (κ1) is 6.76. The Morgan fingerprint density at radius 2 is 1.40 bits per heavy atom. The Balaban J connectivity index is 3.14. The highest BCUT2D eigenvalue weighted by molar-refractivity contribution is 6.50. The summed E-state index contributed by atoms with van der Waals surface area (Å²) in [5.41, 5.74) is 7.34. The molecule has 0 saturated heterocycles. The molecule has 0 saturated carbocycles. The average molecular weight is 132 g/mol. The Kier molecular flexibility index (Phi) is 2.01. The minimum atomic E-state index is 0.862. The highest BCUT2D eigenvalue weighted by atomic mass is 14.8. The topological polar surface area (TPSA) is 24.7 Å². The molecule has 0 aliphatic heterocycles. The SMILES string of the molecule is CN=C1C=C=C=CC1=NC. The average Bonchev–Trinajstić information content (AvgIpc) is 2.04. The Labute approximate surface area is 60.0 Å². The number of allylic oxidation sites excluding steroid dienone is 2. The molecule has 0 unspecified atom stereocenters. The molecule has 0 N–H and O–H groups in total. The van der Waals surface area contributed by atoms with Crippen LogP contribution in [-0.2, 0) is 0 Å². The molecule has 1 rings (SSSR count). The fourth-order valence-corrected chi connectivity index (χ4v) is 0.726. The zero-order valence-electron chi connectivity index (χ0n) is 6.05. The summed E-state index contributed by atoms with van der Waals surface area (Å²) in [5, 5.41) is 0. The molecule has 2 nitrogen and oxygen atoms in total. The van der Waals surface area contributed by atoms with Crippen LogP contribution < -0.4 is 0 Å². The van der Waals surface area contributed by atoms with Crippen molar-refractivity contribution in [2.45, 2.75) is 0 Å². The van der Waals surface area contributed by atoms with Gasteiger partial charge in [-0.05, 0) is 0 Å². The van der Waals surface area contributed by atoms with Crippen molar-refractivity contribution in [3.8, 4) is 0 Å². The summed E-state index contributed by atoms with van der Waals surface area (Å²) in [6, 6.07) is 0. The first-order valence-electron chi connectivity index (χ1n) is 3.00. The maximum absolute atomic E-state index is 4.00. The summed E-state index contributed by atoms with van der Waals surface area (Å²) in [4.78, 5) is 7.99. The van der Waals surface area contributed by atoms with Gasteiger partial charge in [0.2, 0.25) is 0 Å². The molecule has 1 aliphatic carbocycles. The molecule has 0 bridgehead atoms. The highest BCUT2D eigenvalue weighted by Gasteiger charge is 2.00. The summed E-state index contributed by atoms with van der Waals surface area (Å²) < 4.78 is 0. The summed E-state index contributed by atoms with van der Waals surface area (Å²) >= 11 is 0. The predicted octanol–water partition coefficient (Wildman–Crippen LogP) is 1.01. The normalized spacial score (nSPS) is 23.0. The third-order valence-electron chi connectivity index (χ3n) is 1.25. The Bertz CT molecular complexity index is 252. The lowest BCUT2D eigenvalue weighted by atomic mass is 10.2. The molecule has 10 heavy (non-hydrogen) atoms. The van der Waals surface area contributed by atoms with Gasteiger partial charge in [0, 0.05) is 26.2 Å². The lowest BCUT2D eigenvalue weighted by Gasteiger charge is -1.97. The molecule has 0 heterocycles. The van der Waals surface area contributed by atoms with Crippen LogP contribution in [0, 0.1) is 0 Å². The van der Waals surface area contributed by atoms with Crippen LogP contribution in [-0.4, -0.2) is 25.5 Å². The zero-order valence-corrected chi connectivity index (χ0v) is 6.05. The molecule has 2 heteroatoms. The summed E-state index contributed by atoms with van der Waals surface area (Å²) in [6.45, 7) is 0. The van der Waals surface area contributed by atoms with Crippen molar-refractivity contribution >= 4 is 11.4 Å². The standard InChI is InChI=1S/C8H8N2/c1-9-7-5-3-4-6-8(7)10-2/h5-6H,1-2H3. The van der Waals surface area contributed by atoms with Gasteiger partial charge in [-0.15, -0.1) is 0 Å². The van der Waals surface area contributed by atoms with E-state index in [9.17, 15) is 0 Å². The molecule has 0 radical (unpaired) electrons. The maximum atomic E-state index is 4.00. The van der Waals surface area contributed by atoms with Crippen molar-refractivity contribution in [3.63, 3.8) is 0 Å². The van der Waals surface area contributed by atoms with Gasteiger partial charge in [-0.3, -0.25) is 9.98 Å². The molecule has 0 aromatic carbocycles. The molecule has 0 aromatic rings. The van der Waals surface area contributed by atoms with E-state index >= 15 is 0 Å². The van der Waals surface area contributed by atoms with Crippen LogP contribution in [0.5, 0.6) is 0 Å². The second-order valence-electron chi connectivity index (χ2n) is 1.80. The first-order chi connectivity index (χ1) is 4.88. The predicted molar refractivity (Wildman–Crippen MR) is 42.9 cm³/mol. The van der Waals surface area contributed by atoms with Crippen LogP contribution in [0.4, 0.5) is 0 Å². The number of hydrogen-bond donors (Lipinski definition) is 0. The molecule has 0 spiro atoms. The number of rotatable bonds is 0. The highest BCUT2D eigenvalue weighted by Crippen LogP contribution is 1.91. The van der Waals surface area contributed by atoms with Crippen molar-refractivity contribution in [2.75, 3.05) is 14.1 Å². The minimum Gasteiger partial charge on any atom is -0.286 e. The monoisotopic (exact) mass is 132 g/mol. The Morgan fingerprint density at radius 1 is 1.00 bits per heavy atom. The fraction of sp³-hybridized carbons (Fsp3) is 0.250. The van der Waals surface area contributed by atoms with E-state index in [1.54, 1.807) is 26.2 Å². The minimum absolute atomic E-state index is 0.862. The maximum Gasteiger partial charge on any atom is 0.0912 e. The second-order valence-corrected chi connectivity index (χ2v) is 1.80. The lowest BCUT2D eigenvalue weighted by Crippen LogP contribution is -2.09. The van der Waals surface area contributed by atoms with Crippen LogP contribution >= 0.6 is 0 Å². The molecule has 0 fully saturated rings. The smallest absolute Gasteiger partial charge is 0.0912 e. The van der Waals surface area contributed by atoms with E-state index in [0.29, 0.717) is 0 Å². The van der Waals surface area contributed by atoms with Crippen LogP contribution in [0.15, 0.2) is 33.6 Å². The second kappa shape index (κ2) is 2.98. The van der Waals surface area contributed by atoms with Gasteiger partial charge in [0.25, 0.3) is 0 Å². The van der Waals surface area contributed by atoms with Crippen LogP contribution in [0.1, 0.15) is 0 Å².